The number of aromatic nitrogens is 1. The molecule has 1 heterocycles. The first kappa shape index (κ1) is 23.1. The predicted octanol–water partition coefficient (Wildman–Crippen LogP) is 5.34. The van der Waals surface area contributed by atoms with Crippen LogP contribution < -0.4 is 10.6 Å². The van der Waals surface area contributed by atoms with Gasteiger partial charge in [0.2, 0.25) is 5.91 Å². The van der Waals surface area contributed by atoms with Crippen LogP contribution in [0.5, 0.6) is 0 Å². The van der Waals surface area contributed by atoms with Crippen molar-refractivity contribution in [1.29, 1.82) is 0 Å². The molecule has 1 aromatic heterocycles. The molecule has 6 nitrogen and oxygen atoms in total. The summed E-state index contributed by atoms with van der Waals surface area (Å²) in [5.41, 5.74) is 3.17. The van der Waals surface area contributed by atoms with Crippen molar-refractivity contribution in [3.8, 4) is 0 Å². The molecule has 1 aliphatic rings. The van der Waals surface area contributed by atoms with E-state index in [1.165, 1.54) is 43.4 Å². The lowest BCUT2D eigenvalue weighted by molar-refractivity contribution is -0.115. The van der Waals surface area contributed by atoms with Gasteiger partial charge in [0.1, 0.15) is 0 Å². The Labute approximate surface area is 199 Å². The van der Waals surface area contributed by atoms with Gasteiger partial charge in [0, 0.05) is 29.2 Å². The topological polar surface area (TPSA) is 74.3 Å². The quantitative estimate of drug-likeness (QED) is 0.474. The fourth-order valence-electron chi connectivity index (χ4n) is 4.26. The zero-order valence-corrected chi connectivity index (χ0v) is 19.7. The van der Waals surface area contributed by atoms with Crippen molar-refractivity contribution in [2.45, 2.75) is 51.1 Å². The van der Waals surface area contributed by atoms with Crippen LogP contribution in [0, 0.1) is 0 Å². The number of benzene rings is 2. The number of carbonyl (C=O) groups excluding carboxylic acids is 2. The van der Waals surface area contributed by atoms with Crippen LogP contribution in [0.2, 0.25) is 0 Å². The average Bonchev–Trinajstić information content (AvgIpc) is 3.27. The smallest absolute Gasteiger partial charge is 0.257 e. The molecule has 0 unspecified atom stereocenters. The highest BCUT2D eigenvalue weighted by molar-refractivity contribution is 7.14. The summed E-state index contributed by atoms with van der Waals surface area (Å²) in [7, 11) is 2.18. The molecular formula is C26H30N4O2S. The Bertz CT molecular complexity index is 1080. The van der Waals surface area contributed by atoms with E-state index in [1.54, 1.807) is 12.1 Å². The summed E-state index contributed by atoms with van der Waals surface area (Å²) in [5, 5.41) is 8.15. The van der Waals surface area contributed by atoms with Crippen LogP contribution in [0.1, 0.15) is 53.7 Å². The SMILES string of the molecule is CN(Cc1ccccc1NC(=O)Cc1csc(NC(=O)c2ccccc2)n1)C1CCCCC1. The number of anilines is 2. The third-order valence-electron chi connectivity index (χ3n) is 6.06. The number of hydrogen-bond donors (Lipinski definition) is 2. The third-order valence-corrected chi connectivity index (χ3v) is 6.87. The maximum Gasteiger partial charge on any atom is 0.257 e. The van der Waals surface area contributed by atoms with Gasteiger partial charge in [-0.3, -0.25) is 19.8 Å². The van der Waals surface area contributed by atoms with E-state index < -0.39 is 0 Å². The van der Waals surface area contributed by atoms with E-state index in [9.17, 15) is 9.59 Å². The minimum atomic E-state index is -0.211. The van der Waals surface area contributed by atoms with Crippen LogP contribution in [-0.4, -0.2) is 34.8 Å². The number of thiazole rings is 1. The lowest BCUT2D eigenvalue weighted by Crippen LogP contribution is -2.33. The summed E-state index contributed by atoms with van der Waals surface area (Å²) < 4.78 is 0. The van der Waals surface area contributed by atoms with Gasteiger partial charge in [-0.25, -0.2) is 4.98 Å². The van der Waals surface area contributed by atoms with Crippen LogP contribution in [-0.2, 0) is 17.8 Å². The second kappa shape index (κ2) is 11.2. The molecule has 0 atom stereocenters. The predicted molar refractivity (Wildman–Crippen MR) is 134 cm³/mol. The van der Waals surface area contributed by atoms with E-state index in [2.05, 4.69) is 33.6 Å². The summed E-state index contributed by atoms with van der Waals surface area (Å²) in [6.45, 7) is 0.813. The Morgan fingerprint density at radius 3 is 2.52 bits per heavy atom. The van der Waals surface area contributed by atoms with E-state index in [0.717, 1.165) is 17.8 Å². The molecule has 33 heavy (non-hydrogen) atoms. The summed E-state index contributed by atoms with van der Waals surface area (Å²) in [4.78, 5) is 31.8. The maximum atomic E-state index is 12.7. The van der Waals surface area contributed by atoms with Crippen molar-refractivity contribution < 1.29 is 9.59 Å². The molecule has 1 saturated carbocycles. The van der Waals surface area contributed by atoms with Crippen molar-refractivity contribution in [3.63, 3.8) is 0 Å². The van der Waals surface area contributed by atoms with E-state index in [1.807, 2.05) is 41.8 Å². The van der Waals surface area contributed by atoms with Crippen molar-refractivity contribution in [2.75, 3.05) is 17.7 Å². The van der Waals surface area contributed by atoms with E-state index in [0.29, 0.717) is 22.4 Å². The normalized spacial score (nSPS) is 14.2. The summed E-state index contributed by atoms with van der Waals surface area (Å²) in [6.07, 6.45) is 6.59. The maximum absolute atomic E-state index is 12.7. The molecular weight excluding hydrogens is 432 g/mol. The number of hydrogen-bond acceptors (Lipinski definition) is 5. The van der Waals surface area contributed by atoms with Gasteiger partial charge in [-0.1, -0.05) is 55.7 Å². The number of amides is 2. The van der Waals surface area contributed by atoms with E-state index >= 15 is 0 Å². The highest BCUT2D eigenvalue weighted by Gasteiger charge is 2.19. The first-order valence-corrected chi connectivity index (χ1v) is 12.4. The Balaban J connectivity index is 1.33. The monoisotopic (exact) mass is 462 g/mol. The molecule has 2 N–H and O–H groups in total. The zero-order chi connectivity index (χ0) is 23.0. The third kappa shape index (κ3) is 6.49. The van der Waals surface area contributed by atoms with Gasteiger partial charge < -0.3 is 5.32 Å². The summed E-state index contributed by atoms with van der Waals surface area (Å²) in [5.74, 6) is -0.328. The Morgan fingerprint density at radius 2 is 1.73 bits per heavy atom. The molecule has 2 aromatic carbocycles. The number of para-hydroxylation sites is 1. The second-order valence-electron chi connectivity index (χ2n) is 8.55. The molecule has 0 spiro atoms. The standard InChI is InChI=1S/C26H30N4O2S/c1-30(22-13-6-3-7-14-22)17-20-12-8-9-15-23(20)28-24(31)16-21-18-33-26(27-21)29-25(32)19-10-4-2-5-11-19/h2,4-5,8-12,15,18,22H,3,6-7,13-14,16-17H2,1H3,(H,28,31)(H,27,29,32). The van der Waals surface area contributed by atoms with Gasteiger partial charge >= 0.3 is 0 Å². The Morgan fingerprint density at radius 1 is 1.00 bits per heavy atom. The van der Waals surface area contributed by atoms with Gasteiger partial charge in [0.15, 0.2) is 5.13 Å². The number of rotatable bonds is 8. The zero-order valence-electron chi connectivity index (χ0n) is 18.9. The molecule has 7 heteroatoms. The van der Waals surface area contributed by atoms with Crippen LogP contribution in [0.4, 0.5) is 10.8 Å². The second-order valence-corrected chi connectivity index (χ2v) is 9.41. The first-order chi connectivity index (χ1) is 16.1. The molecule has 0 bridgehead atoms. The van der Waals surface area contributed by atoms with Crippen LogP contribution in [0.25, 0.3) is 0 Å². The van der Waals surface area contributed by atoms with Gasteiger partial charge in [0.25, 0.3) is 5.91 Å². The largest absolute Gasteiger partial charge is 0.325 e. The van der Waals surface area contributed by atoms with Crippen molar-refractivity contribution >= 4 is 34.0 Å². The van der Waals surface area contributed by atoms with Crippen LogP contribution in [0.3, 0.4) is 0 Å². The number of nitrogens with one attached hydrogen (secondary N) is 2. The van der Waals surface area contributed by atoms with Crippen LogP contribution >= 0.6 is 11.3 Å². The molecule has 0 radical (unpaired) electrons. The summed E-state index contributed by atoms with van der Waals surface area (Å²) >= 11 is 1.32. The minimum absolute atomic E-state index is 0.117. The van der Waals surface area contributed by atoms with Crippen molar-refractivity contribution in [2.24, 2.45) is 0 Å². The fraction of sp³-hybridized carbons (Fsp3) is 0.346. The van der Waals surface area contributed by atoms with Gasteiger partial charge in [-0.2, -0.15) is 0 Å². The van der Waals surface area contributed by atoms with Gasteiger partial charge in [0.05, 0.1) is 12.1 Å². The lowest BCUT2D eigenvalue weighted by Gasteiger charge is -2.31. The van der Waals surface area contributed by atoms with Gasteiger partial charge in [-0.05, 0) is 43.7 Å². The Hall–Kier alpha value is -3.03. The van der Waals surface area contributed by atoms with Crippen molar-refractivity contribution in [1.82, 2.24) is 9.88 Å². The van der Waals surface area contributed by atoms with Crippen molar-refractivity contribution in [3.05, 3.63) is 76.8 Å². The molecule has 3 aromatic rings. The molecule has 1 aliphatic carbocycles. The minimum Gasteiger partial charge on any atom is -0.325 e. The highest BCUT2D eigenvalue weighted by atomic mass is 32.1. The van der Waals surface area contributed by atoms with E-state index in [4.69, 9.17) is 0 Å². The molecule has 1 fully saturated rings. The van der Waals surface area contributed by atoms with E-state index in [-0.39, 0.29) is 18.2 Å². The fourth-order valence-corrected chi connectivity index (χ4v) is 4.97. The molecule has 2 amide bonds. The van der Waals surface area contributed by atoms with Crippen LogP contribution in [0.15, 0.2) is 60.0 Å². The Kier molecular flexibility index (Phi) is 7.86. The molecule has 0 saturated heterocycles. The molecule has 4 rings (SSSR count). The first-order valence-electron chi connectivity index (χ1n) is 11.5. The molecule has 0 aliphatic heterocycles. The highest BCUT2D eigenvalue weighted by Crippen LogP contribution is 2.25. The molecule has 172 valence electrons. The summed E-state index contributed by atoms with van der Waals surface area (Å²) in [6, 6.07) is 17.6. The number of carbonyl (C=O) groups is 2. The lowest BCUT2D eigenvalue weighted by atomic mass is 9.94. The number of nitrogens with zero attached hydrogens (tertiary/aromatic N) is 2. The average molecular weight is 463 g/mol. The van der Waals surface area contributed by atoms with Gasteiger partial charge in [-0.15, -0.1) is 11.3 Å².